The van der Waals surface area contributed by atoms with Gasteiger partial charge >= 0.3 is 12.1 Å². The maximum atomic E-state index is 14.1. The van der Waals surface area contributed by atoms with Gasteiger partial charge in [-0.2, -0.15) is 0 Å². The van der Waals surface area contributed by atoms with Crippen molar-refractivity contribution in [2.45, 2.75) is 51.7 Å². The lowest BCUT2D eigenvalue weighted by atomic mass is 9.58. The zero-order chi connectivity index (χ0) is 34.6. The summed E-state index contributed by atoms with van der Waals surface area (Å²) >= 11 is 0. The molecule has 0 radical (unpaired) electrons. The summed E-state index contributed by atoms with van der Waals surface area (Å²) in [6.07, 6.45) is -1.03. The van der Waals surface area contributed by atoms with E-state index in [4.69, 9.17) is 15.2 Å². The van der Waals surface area contributed by atoms with E-state index >= 15 is 0 Å². The van der Waals surface area contributed by atoms with Crippen molar-refractivity contribution in [2.24, 2.45) is 23.0 Å². The lowest BCUT2D eigenvalue weighted by Gasteiger charge is -2.50. The van der Waals surface area contributed by atoms with Crippen LogP contribution in [0, 0.1) is 17.3 Å². The summed E-state index contributed by atoms with van der Waals surface area (Å²) in [5, 5.41) is 47.8. The van der Waals surface area contributed by atoms with Crippen molar-refractivity contribution in [1.82, 2.24) is 4.90 Å². The molecule has 0 saturated carbocycles. The van der Waals surface area contributed by atoms with Crippen LogP contribution in [0.1, 0.15) is 49.5 Å². The summed E-state index contributed by atoms with van der Waals surface area (Å²) in [6.45, 7) is 4.81. The molecule has 15 nitrogen and oxygen atoms in total. The van der Waals surface area contributed by atoms with Gasteiger partial charge in [-0.3, -0.25) is 29.4 Å². The highest BCUT2D eigenvalue weighted by molar-refractivity contribution is 6.25. The number of aliphatic hydroxyl groups excluding tert-OH is 2. The Morgan fingerprint density at radius 1 is 1.09 bits per heavy atom. The van der Waals surface area contributed by atoms with Crippen molar-refractivity contribution in [2.75, 3.05) is 45.2 Å². The average molecular weight is 645 g/mol. The fraction of sp³-hybridized carbons (Fsp3) is 0.516. The molecule has 1 aromatic carbocycles. The van der Waals surface area contributed by atoms with Crippen LogP contribution < -0.4 is 16.0 Å². The number of fused-ring (bicyclic) bond motifs is 3. The highest BCUT2D eigenvalue weighted by atomic mass is 16.7. The summed E-state index contributed by atoms with van der Waals surface area (Å²) < 4.78 is 9.85. The van der Waals surface area contributed by atoms with Gasteiger partial charge in [0.25, 0.3) is 5.91 Å². The maximum absolute atomic E-state index is 14.1. The molecular weight excluding hydrogens is 604 g/mol. The minimum atomic E-state index is -2.78. The number of ether oxygens (including phenoxy) is 2. The molecule has 3 aliphatic carbocycles. The number of nitrogens with one attached hydrogen (secondary N) is 1. The van der Waals surface area contributed by atoms with Gasteiger partial charge in [-0.25, -0.2) is 4.79 Å². The number of hydrogen-bond donors (Lipinski definition) is 6. The first-order chi connectivity index (χ1) is 21.2. The Morgan fingerprint density at radius 3 is 2.26 bits per heavy atom. The summed E-state index contributed by atoms with van der Waals surface area (Å²) in [7, 11) is 6.44. The average Bonchev–Trinajstić information content (AvgIpc) is 2.90. The van der Waals surface area contributed by atoms with Gasteiger partial charge in [0.15, 0.2) is 17.1 Å². The second-order valence-electron chi connectivity index (χ2n) is 13.4. The van der Waals surface area contributed by atoms with Crippen LogP contribution in [0.2, 0.25) is 0 Å². The largest absolute Gasteiger partial charge is 0.510 e. The molecule has 0 bridgehead atoms. The fourth-order valence-electron chi connectivity index (χ4n) is 6.57. The number of anilines is 2. The number of likely N-dealkylation sites (N-methyl/N-ethyl adjacent to an activating group) is 1. The van der Waals surface area contributed by atoms with Crippen LogP contribution in [0.3, 0.4) is 0 Å². The standard InChI is InChI=1S/C31H40N4O11/c1-30(2,3)11-18(36)45-12-46-29(43)33-16-10-17(34(4)5)14-8-13-9-15-22(35(6)7)25(39)21(28(32)42)27(41)31(15,44)26(40)19(13)24(38)20(14)23(16)37/h10,13,15,22,37,39-40,44H,8-9,11-12H2,1-7H3,(H2,32,42)(H,33,43)/t13-,15-,22-,31-/m0/s1. The number of esters is 1. The van der Waals surface area contributed by atoms with E-state index in [1.54, 1.807) is 33.1 Å². The number of carbonyl (C=O) groups excluding carboxylic acids is 5. The number of Topliss-reactive ketones (excluding diaryl/α,β-unsaturated/α-hetero) is 2. The monoisotopic (exact) mass is 644 g/mol. The number of hydrogen-bond acceptors (Lipinski definition) is 13. The number of carbonyl (C=O) groups is 5. The molecule has 0 saturated heterocycles. The first kappa shape index (κ1) is 34.2. The van der Waals surface area contributed by atoms with E-state index in [2.05, 4.69) is 5.32 Å². The van der Waals surface area contributed by atoms with Crippen LogP contribution in [0.4, 0.5) is 16.2 Å². The van der Waals surface area contributed by atoms with Crippen molar-refractivity contribution in [3.05, 3.63) is 39.9 Å². The van der Waals surface area contributed by atoms with E-state index < -0.39 is 82.6 Å². The van der Waals surface area contributed by atoms with Gasteiger partial charge in [-0.05, 0) is 49.9 Å². The molecule has 4 atom stereocenters. The summed E-state index contributed by atoms with van der Waals surface area (Å²) in [5.41, 5.74) is 1.26. The van der Waals surface area contributed by atoms with Gasteiger partial charge < -0.3 is 40.5 Å². The van der Waals surface area contributed by atoms with Crippen LogP contribution in [-0.4, -0.2) is 101 Å². The number of allylic oxidation sites excluding steroid dienone is 1. The number of phenolic OH excluding ortho intramolecular Hbond substituents is 1. The lowest BCUT2D eigenvalue weighted by Crippen LogP contribution is -2.63. The molecular formula is C31H40N4O11. The third-order valence-electron chi connectivity index (χ3n) is 8.50. The van der Waals surface area contributed by atoms with Crippen molar-refractivity contribution >= 4 is 40.9 Å². The lowest BCUT2D eigenvalue weighted by molar-refractivity contribution is -0.153. The number of ketones is 2. The Balaban J connectivity index is 1.74. The number of rotatable bonds is 7. The van der Waals surface area contributed by atoms with Gasteiger partial charge in [0.05, 0.1) is 23.7 Å². The Bertz CT molecular complexity index is 1590. The molecule has 15 heteroatoms. The SMILES string of the molecule is CN(C)c1cc(NC(=O)OCOC(=O)CC(C)(C)C)c(O)c2c1C[C@H]1C[C@H]3[C@H](N(C)C)C(O)=C(C(N)=O)C(=O)[C@@]3(O)C(O)=C1C2=O. The predicted molar refractivity (Wildman–Crippen MR) is 163 cm³/mol. The van der Waals surface area contributed by atoms with Crippen molar-refractivity contribution in [3.8, 4) is 5.75 Å². The van der Waals surface area contributed by atoms with E-state index in [0.717, 1.165) is 0 Å². The molecule has 0 aromatic heterocycles. The van der Waals surface area contributed by atoms with Gasteiger partial charge in [0.1, 0.15) is 17.1 Å². The third kappa shape index (κ3) is 5.75. The van der Waals surface area contributed by atoms with Crippen molar-refractivity contribution in [1.29, 1.82) is 0 Å². The van der Waals surface area contributed by atoms with Crippen LogP contribution in [-0.2, 0) is 30.3 Å². The van der Waals surface area contributed by atoms with Crippen LogP contribution in [0.5, 0.6) is 5.75 Å². The predicted octanol–water partition coefficient (Wildman–Crippen LogP) is 1.67. The molecule has 3 aliphatic rings. The Morgan fingerprint density at radius 2 is 1.72 bits per heavy atom. The number of amides is 2. The molecule has 46 heavy (non-hydrogen) atoms. The molecule has 0 fully saturated rings. The Labute approximate surface area is 265 Å². The zero-order valence-corrected chi connectivity index (χ0v) is 26.8. The number of nitrogens with two attached hydrogens (primary N) is 1. The highest BCUT2D eigenvalue weighted by Gasteiger charge is 2.63. The first-order valence-corrected chi connectivity index (χ1v) is 14.5. The van der Waals surface area contributed by atoms with Gasteiger partial charge in [-0.1, -0.05) is 20.8 Å². The summed E-state index contributed by atoms with van der Waals surface area (Å²) in [6, 6.07) is 0.306. The van der Waals surface area contributed by atoms with Crippen molar-refractivity contribution in [3.63, 3.8) is 0 Å². The van der Waals surface area contributed by atoms with Gasteiger partial charge in [0.2, 0.25) is 12.6 Å². The fourth-order valence-corrected chi connectivity index (χ4v) is 6.57. The quantitative estimate of drug-likeness (QED) is 0.108. The van der Waals surface area contributed by atoms with Gasteiger partial charge in [0, 0.05) is 31.3 Å². The smallest absolute Gasteiger partial charge is 0.414 e. The molecule has 0 spiro atoms. The second kappa shape index (κ2) is 11.9. The second-order valence-corrected chi connectivity index (χ2v) is 13.4. The highest BCUT2D eigenvalue weighted by Crippen LogP contribution is 2.54. The first-order valence-electron chi connectivity index (χ1n) is 14.5. The normalized spacial score (nSPS) is 24.2. The number of primary amides is 1. The van der Waals surface area contributed by atoms with Crippen LogP contribution in [0.15, 0.2) is 28.7 Å². The molecule has 0 aliphatic heterocycles. The maximum Gasteiger partial charge on any atom is 0.414 e. The van der Waals surface area contributed by atoms with Crippen LogP contribution >= 0.6 is 0 Å². The van der Waals surface area contributed by atoms with E-state index in [0.29, 0.717) is 11.3 Å². The summed E-state index contributed by atoms with van der Waals surface area (Å²) in [5.74, 6) is -8.43. The molecule has 2 amide bonds. The molecule has 250 valence electrons. The van der Waals surface area contributed by atoms with E-state index in [1.165, 1.54) is 11.0 Å². The zero-order valence-electron chi connectivity index (χ0n) is 26.8. The Hall–Kier alpha value is -4.63. The van der Waals surface area contributed by atoms with E-state index in [9.17, 15) is 44.4 Å². The molecule has 0 unspecified atom stereocenters. The molecule has 1 aromatic rings. The number of aliphatic hydroxyl groups is 3. The third-order valence-corrected chi connectivity index (χ3v) is 8.50. The van der Waals surface area contributed by atoms with Crippen molar-refractivity contribution < 1.29 is 53.9 Å². The topological polar surface area (TPSA) is 229 Å². The minimum Gasteiger partial charge on any atom is -0.510 e. The molecule has 0 heterocycles. The number of benzene rings is 1. The number of phenols is 1. The minimum absolute atomic E-state index is 0.0596. The van der Waals surface area contributed by atoms with E-state index in [1.807, 2.05) is 20.8 Å². The summed E-state index contributed by atoms with van der Waals surface area (Å²) in [4.78, 5) is 67.4. The molecule has 4 rings (SSSR count). The number of nitrogens with zero attached hydrogens (tertiary/aromatic N) is 2. The van der Waals surface area contributed by atoms with Gasteiger partial charge in [-0.15, -0.1) is 0 Å². The Kier molecular flexibility index (Phi) is 8.89. The molecule has 7 N–H and O–H groups in total. The van der Waals surface area contributed by atoms with Crippen LogP contribution in [0.25, 0.3) is 0 Å². The van der Waals surface area contributed by atoms with E-state index in [-0.39, 0.29) is 41.5 Å². The number of aromatic hydroxyl groups is 1.